The summed E-state index contributed by atoms with van der Waals surface area (Å²) in [6, 6.07) is 0. The van der Waals surface area contributed by atoms with E-state index >= 15 is 0 Å². The number of hydrogen-bond donors (Lipinski definition) is 5. The average molecular weight is 327 g/mol. The third-order valence-corrected chi connectivity index (χ3v) is 5.02. The van der Waals surface area contributed by atoms with Gasteiger partial charge in [-0.05, 0) is 57.4 Å². The third-order valence-electron chi connectivity index (χ3n) is 3.90. The molecule has 0 aliphatic rings. The molecule has 1 unspecified atom stereocenters. The van der Waals surface area contributed by atoms with E-state index in [1.54, 1.807) is 0 Å². The van der Waals surface area contributed by atoms with E-state index in [4.69, 9.17) is 15.3 Å². The standard InChI is InChI=1S/C13H29NO6S/c1-14-12(21(18,19)20)11-13(5-2-8-15,6-3-9-16)7-4-10-17/h12,14-17H,2-11H2,1H3,(H,18,19,20). The number of nitrogens with one attached hydrogen (secondary N) is 1. The molecule has 0 aliphatic heterocycles. The zero-order valence-electron chi connectivity index (χ0n) is 12.7. The van der Waals surface area contributed by atoms with Gasteiger partial charge in [0.05, 0.1) is 0 Å². The topological polar surface area (TPSA) is 127 Å². The second-order valence-corrected chi connectivity index (χ2v) is 7.08. The van der Waals surface area contributed by atoms with Crippen molar-refractivity contribution in [2.24, 2.45) is 5.41 Å². The van der Waals surface area contributed by atoms with E-state index in [9.17, 15) is 13.0 Å². The van der Waals surface area contributed by atoms with Crippen LogP contribution in [0.15, 0.2) is 0 Å². The van der Waals surface area contributed by atoms with Gasteiger partial charge in [-0.1, -0.05) is 0 Å². The summed E-state index contributed by atoms with van der Waals surface area (Å²) in [5.41, 5.74) is -0.447. The molecule has 128 valence electrons. The van der Waals surface area contributed by atoms with E-state index < -0.39 is 20.9 Å². The van der Waals surface area contributed by atoms with Crippen molar-refractivity contribution in [3.05, 3.63) is 0 Å². The maximum atomic E-state index is 11.4. The molecule has 0 rings (SSSR count). The van der Waals surface area contributed by atoms with Crippen molar-refractivity contribution in [3.63, 3.8) is 0 Å². The second-order valence-electron chi connectivity index (χ2n) is 5.48. The first kappa shape index (κ1) is 20.8. The second kappa shape index (κ2) is 10.5. The van der Waals surface area contributed by atoms with Gasteiger partial charge in [-0.15, -0.1) is 0 Å². The van der Waals surface area contributed by atoms with Gasteiger partial charge in [0.25, 0.3) is 10.1 Å². The van der Waals surface area contributed by atoms with Crippen LogP contribution in [-0.4, -0.2) is 60.5 Å². The molecule has 7 nitrogen and oxygen atoms in total. The van der Waals surface area contributed by atoms with Crippen LogP contribution in [-0.2, 0) is 10.1 Å². The van der Waals surface area contributed by atoms with Crippen LogP contribution in [0.2, 0.25) is 0 Å². The maximum absolute atomic E-state index is 11.4. The van der Waals surface area contributed by atoms with Crippen molar-refractivity contribution in [3.8, 4) is 0 Å². The Bertz CT molecular complexity index is 338. The first-order chi connectivity index (χ1) is 9.85. The fraction of sp³-hybridized carbons (Fsp3) is 1.00. The molecule has 21 heavy (non-hydrogen) atoms. The fourth-order valence-electron chi connectivity index (χ4n) is 2.79. The van der Waals surface area contributed by atoms with Crippen molar-refractivity contribution < 1.29 is 28.3 Å². The lowest BCUT2D eigenvalue weighted by molar-refractivity contribution is 0.132. The Morgan fingerprint density at radius 3 is 1.57 bits per heavy atom. The first-order valence-corrected chi connectivity index (χ1v) is 8.81. The van der Waals surface area contributed by atoms with Gasteiger partial charge in [-0.3, -0.25) is 4.55 Å². The lowest BCUT2D eigenvalue weighted by Crippen LogP contribution is -2.40. The Kier molecular flexibility index (Phi) is 10.3. The highest BCUT2D eigenvalue weighted by Crippen LogP contribution is 2.40. The zero-order chi connectivity index (χ0) is 16.4. The van der Waals surface area contributed by atoms with E-state index in [1.165, 1.54) is 7.05 Å². The Hall–Kier alpha value is -0.250. The molecule has 0 amide bonds. The van der Waals surface area contributed by atoms with Crippen LogP contribution in [0.25, 0.3) is 0 Å². The third kappa shape index (κ3) is 8.08. The summed E-state index contributed by atoms with van der Waals surface area (Å²) in [6.07, 6.45) is 3.46. The lowest BCUT2D eigenvalue weighted by atomic mass is 9.72. The molecule has 0 heterocycles. The summed E-state index contributed by atoms with van der Waals surface area (Å²) in [6.45, 7) is -0.0116. The van der Waals surface area contributed by atoms with Gasteiger partial charge in [0.1, 0.15) is 5.37 Å². The molecule has 0 bridgehead atoms. The quantitative estimate of drug-likeness (QED) is 0.304. The van der Waals surface area contributed by atoms with Gasteiger partial charge >= 0.3 is 0 Å². The Balaban J connectivity index is 5.17. The molecular formula is C13H29NO6S. The van der Waals surface area contributed by atoms with Crippen LogP contribution in [0.3, 0.4) is 0 Å². The summed E-state index contributed by atoms with van der Waals surface area (Å²) in [4.78, 5) is 0. The molecule has 0 aromatic rings. The molecule has 0 saturated carbocycles. The van der Waals surface area contributed by atoms with Crippen LogP contribution < -0.4 is 5.32 Å². The van der Waals surface area contributed by atoms with E-state index in [0.717, 1.165) is 0 Å². The summed E-state index contributed by atoms with van der Waals surface area (Å²) in [7, 11) is -2.76. The lowest BCUT2D eigenvalue weighted by Gasteiger charge is -2.36. The molecule has 0 spiro atoms. The number of aliphatic hydroxyl groups excluding tert-OH is 3. The van der Waals surface area contributed by atoms with Gasteiger partial charge in [-0.25, -0.2) is 0 Å². The minimum atomic E-state index is -4.22. The minimum Gasteiger partial charge on any atom is -0.396 e. The van der Waals surface area contributed by atoms with Crippen LogP contribution in [0.5, 0.6) is 0 Å². The average Bonchev–Trinajstić information content (AvgIpc) is 2.44. The Morgan fingerprint density at radius 2 is 1.33 bits per heavy atom. The normalized spacial score (nSPS) is 14.3. The van der Waals surface area contributed by atoms with Gasteiger partial charge in [0, 0.05) is 19.8 Å². The minimum absolute atomic E-state index is 0.00387. The highest BCUT2D eigenvalue weighted by Gasteiger charge is 2.35. The van der Waals surface area contributed by atoms with E-state index in [0.29, 0.717) is 38.5 Å². The maximum Gasteiger partial charge on any atom is 0.281 e. The SMILES string of the molecule is CNC(CC(CCCO)(CCCO)CCCO)S(=O)(=O)O. The fourth-order valence-corrected chi connectivity index (χ4v) is 3.65. The molecular weight excluding hydrogens is 298 g/mol. The highest BCUT2D eigenvalue weighted by molar-refractivity contribution is 7.86. The van der Waals surface area contributed by atoms with Gasteiger partial charge in [-0.2, -0.15) is 8.42 Å². The van der Waals surface area contributed by atoms with Crippen LogP contribution in [0.4, 0.5) is 0 Å². The van der Waals surface area contributed by atoms with Crippen molar-refractivity contribution in [1.29, 1.82) is 0 Å². The zero-order valence-corrected chi connectivity index (χ0v) is 13.5. The molecule has 8 heteroatoms. The summed E-state index contributed by atoms with van der Waals surface area (Å²) in [5.74, 6) is 0. The van der Waals surface area contributed by atoms with E-state index in [-0.39, 0.29) is 26.2 Å². The molecule has 0 aromatic heterocycles. The highest BCUT2D eigenvalue weighted by atomic mass is 32.2. The monoisotopic (exact) mass is 327 g/mol. The van der Waals surface area contributed by atoms with Gasteiger partial charge in [0.15, 0.2) is 0 Å². The Morgan fingerprint density at radius 1 is 0.952 bits per heavy atom. The molecule has 5 N–H and O–H groups in total. The van der Waals surface area contributed by atoms with Crippen LogP contribution in [0.1, 0.15) is 44.9 Å². The number of rotatable bonds is 13. The van der Waals surface area contributed by atoms with Crippen molar-refractivity contribution >= 4 is 10.1 Å². The predicted molar refractivity (Wildman–Crippen MR) is 80.4 cm³/mol. The van der Waals surface area contributed by atoms with E-state index in [1.807, 2.05) is 0 Å². The Labute approximate surface area is 127 Å². The number of hydrogen-bond acceptors (Lipinski definition) is 6. The van der Waals surface area contributed by atoms with Gasteiger partial charge in [0.2, 0.25) is 0 Å². The molecule has 0 radical (unpaired) electrons. The van der Waals surface area contributed by atoms with Crippen molar-refractivity contribution in [2.45, 2.75) is 50.3 Å². The summed E-state index contributed by atoms with van der Waals surface area (Å²) >= 11 is 0. The summed E-state index contributed by atoms with van der Waals surface area (Å²) < 4.78 is 32.1. The molecule has 0 aliphatic carbocycles. The number of aliphatic hydroxyl groups is 3. The van der Waals surface area contributed by atoms with Crippen molar-refractivity contribution in [2.75, 3.05) is 26.9 Å². The first-order valence-electron chi connectivity index (χ1n) is 7.31. The smallest absolute Gasteiger partial charge is 0.281 e. The van der Waals surface area contributed by atoms with Gasteiger partial charge < -0.3 is 20.6 Å². The van der Waals surface area contributed by atoms with Crippen LogP contribution in [0, 0.1) is 5.41 Å². The van der Waals surface area contributed by atoms with Crippen LogP contribution >= 0.6 is 0 Å². The molecule has 0 saturated heterocycles. The molecule has 0 aromatic carbocycles. The molecule has 1 atom stereocenters. The predicted octanol–water partition coefficient (Wildman–Crippen LogP) is 0.114. The molecule has 0 fully saturated rings. The van der Waals surface area contributed by atoms with E-state index in [2.05, 4.69) is 5.32 Å². The largest absolute Gasteiger partial charge is 0.396 e. The summed E-state index contributed by atoms with van der Waals surface area (Å²) in [5, 5.41) is 28.7. The van der Waals surface area contributed by atoms with Crippen molar-refractivity contribution in [1.82, 2.24) is 5.32 Å².